The van der Waals surface area contributed by atoms with Crippen LogP contribution in [0.25, 0.3) is 0 Å². The van der Waals surface area contributed by atoms with E-state index in [-0.39, 0.29) is 11.6 Å². The maximum absolute atomic E-state index is 12.7. The third-order valence-electron chi connectivity index (χ3n) is 2.47. The number of nitrogens with zero attached hydrogens (tertiary/aromatic N) is 2. The Labute approximate surface area is 116 Å². The van der Waals surface area contributed by atoms with Crippen molar-refractivity contribution in [2.75, 3.05) is 30.8 Å². The van der Waals surface area contributed by atoms with Crippen LogP contribution in [0.3, 0.4) is 0 Å². The number of alkyl halides is 3. The van der Waals surface area contributed by atoms with Crippen LogP contribution < -0.4 is 10.6 Å². The van der Waals surface area contributed by atoms with Crippen LogP contribution in [-0.4, -0.2) is 35.8 Å². The summed E-state index contributed by atoms with van der Waals surface area (Å²) in [5, 5.41) is 5.42. The Bertz CT molecular complexity index is 449. The molecular formula is C12H19F3N4O. The molecule has 0 amide bonds. The van der Waals surface area contributed by atoms with Crippen molar-refractivity contribution in [2.24, 2.45) is 0 Å². The Hall–Kier alpha value is -1.57. The second-order valence-electron chi connectivity index (χ2n) is 4.76. The van der Waals surface area contributed by atoms with E-state index in [0.29, 0.717) is 13.2 Å². The van der Waals surface area contributed by atoms with Crippen molar-refractivity contribution in [1.82, 2.24) is 9.97 Å². The zero-order valence-corrected chi connectivity index (χ0v) is 11.9. The van der Waals surface area contributed by atoms with Crippen molar-refractivity contribution in [2.45, 2.75) is 32.5 Å². The van der Waals surface area contributed by atoms with Gasteiger partial charge in [-0.05, 0) is 20.8 Å². The average molecular weight is 292 g/mol. The van der Waals surface area contributed by atoms with Crippen LogP contribution in [-0.2, 0) is 10.9 Å². The first-order chi connectivity index (χ1) is 9.18. The minimum atomic E-state index is -4.58. The molecule has 0 aliphatic carbocycles. The summed E-state index contributed by atoms with van der Waals surface area (Å²) >= 11 is 0. The number of hydrogen-bond acceptors (Lipinski definition) is 5. The molecule has 0 unspecified atom stereocenters. The van der Waals surface area contributed by atoms with Gasteiger partial charge in [0.25, 0.3) is 0 Å². The zero-order valence-electron chi connectivity index (χ0n) is 11.9. The van der Waals surface area contributed by atoms with Crippen LogP contribution >= 0.6 is 0 Å². The Balaban J connectivity index is 2.90. The van der Waals surface area contributed by atoms with Crippen molar-refractivity contribution in [3.05, 3.63) is 11.9 Å². The largest absolute Gasteiger partial charge is 0.451 e. The van der Waals surface area contributed by atoms with E-state index in [1.54, 1.807) is 0 Å². The van der Waals surface area contributed by atoms with E-state index in [1.165, 1.54) is 13.1 Å². The Kier molecular flexibility index (Phi) is 5.15. The molecule has 1 aromatic rings. The van der Waals surface area contributed by atoms with E-state index in [1.807, 2.05) is 20.8 Å². The van der Waals surface area contributed by atoms with E-state index in [2.05, 4.69) is 20.6 Å². The van der Waals surface area contributed by atoms with Crippen LogP contribution in [0.5, 0.6) is 0 Å². The van der Waals surface area contributed by atoms with Gasteiger partial charge in [-0.1, -0.05) is 0 Å². The van der Waals surface area contributed by atoms with Crippen LogP contribution in [0, 0.1) is 0 Å². The molecule has 5 nitrogen and oxygen atoms in total. The van der Waals surface area contributed by atoms with Crippen molar-refractivity contribution in [3.8, 4) is 0 Å². The Morgan fingerprint density at radius 1 is 1.20 bits per heavy atom. The van der Waals surface area contributed by atoms with Gasteiger partial charge in [0.15, 0.2) is 0 Å². The standard InChI is InChI=1S/C12H19F3N4O/c1-5-20-11(2,3)7-17-9-6-8(16-4)18-10(19-9)12(13,14)15/h6H,5,7H2,1-4H3,(H2,16,17,18,19). The summed E-state index contributed by atoms with van der Waals surface area (Å²) in [5.74, 6) is -0.977. The molecule has 0 radical (unpaired) electrons. The smallest absolute Gasteiger partial charge is 0.374 e. The van der Waals surface area contributed by atoms with Crippen molar-refractivity contribution in [1.29, 1.82) is 0 Å². The molecular weight excluding hydrogens is 273 g/mol. The van der Waals surface area contributed by atoms with Crippen LogP contribution in [0.1, 0.15) is 26.6 Å². The van der Waals surface area contributed by atoms with Gasteiger partial charge >= 0.3 is 6.18 Å². The lowest BCUT2D eigenvalue weighted by atomic mass is 10.1. The van der Waals surface area contributed by atoms with Gasteiger partial charge in [-0.3, -0.25) is 0 Å². The van der Waals surface area contributed by atoms with E-state index in [9.17, 15) is 13.2 Å². The lowest BCUT2D eigenvalue weighted by molar-refractivity contribution is -0.144. The van der Waals surface area contributed by atoms with Gasteiger partial charge in [0, 0.05) is 26.3 Å². The molecule has 0 saturated heterocycles. The molecule has 0 spiro atoms. The molecule has 0 fully saturated rings. The van der Waals surface area contributed by atoms with Gasteiger partial charge < -0.3 is 15.4 Å². The molecule has 1 heterocycles. The monoisotopic (exact) mass is 292 g/mol. The molecule has 8 heteroatoms. The number of rotatable bonds is 6. The van der Waals surface area contributed by atoms with Crippen molar-refractivity contribution in [3.63, 3.8) is 0 Å². The molecule has 0 saturated carbocycles. The maximum atomic E-state index is 12.7. The molecule has 0 aromatic carbocycles. The van der Waals surface area contributed by atoms with E-state index in [0.717, 1.165) is 0 Å². The minimum Gasteiger partial charge on any atom is -0.374 e. The van der Waals surface area contributed by atoms with Gasteiger partial charge in [0.05, 0.1) is 5.60 Å². The number of halogens is 3. The predicted molar refractivity (Wildman–Crippen MR) is 70.8 cm³/mol. The summed E-state index contributed by atoms with van der Waals surface area (Å²) < 4.78 is 43.5. The van der Waals surface area contributed by atoms with E-state index < -0.39 is 17.6 Å². The highest BCUT2D eigenvalue weighted by Gasteiger charge is 2.35. The minimum absolute atomic E-state index is 0.101. The summed E-state index contributed by atoms with van der Waals surface area (Å²) in [6.07, 6.45) is -4.58. The molecule has 1 aromatic heterocycles. The summed E-state index contributed by atoms with van der Waals surface area (Å²) in [4.78, 5) is 6.86. The van der Waals surface area contributed by atoms with Gasteiger partial charge in [0.2, 0.25) is 5.82 Å². The lowest BCUT2D eigenvalue weighted by Gasteiger charge is -2.25. The summed E-state index contributed by atoms with van der Waals surface area (Å²) in [6.45, 7) is 6.39. The highest BCUT2D eigenvalue weighted by atomic mass is 19.4. The van der Waals surface area contributed by atoms with Crippen LogP contribution in [0.4, 0.5) is 24.8 Å². The highest BCUT2D eigenvalue weighted by Crippen LogP contribution is 2.28. The summed E-state index contributed by atoms with van der Waals surface area (Å²) in [6, 6.07) is 1.41. The van der Waals surface area contributed by atoms with Crippen molar-refractivity contribution >= 4 is 11.6 Å². The van der Waals surface area contributed by atoms with Crippen molar-refractivity contribution < 1.29 is 17.9 Å². The average Bonchev–Trinajstić information content (AvgIpc) is 2.35. The third-order valence-corrected chi connectivity index (χ3v) is 2.47. The van der Waals surface area contributed by atoms with Gasteiger partial charge in [-0.25, -0.2) is 9.97 Å². The molecule has 0 aliphatic heterocycles. The van der Waals surface area contributed by atoms with Gasteiger partial charge in [-0.2, -0.15) is 13.2 Å². The quantitative estimate of drug-likeness (QED) is 0.844. The first-order valence-electron chi connectivity index (χ1n) is 6.20. The Morgan fingerprint density at radius 3 is 2.30 bits per heavy atom. The van der Waals surface area contributed by atoms with Crippen LogP contribution in [0.15, 0.2) is 6.07 Å². The summed E-state index contributed by atoms with van der Waals surface area (Å²) in [7, 11) is 1.50. The molecule has 0 bridgehead atoms. The second kappa shape index (κ2) is 6.25. The number of nitrogens with one attached hydrogen (secondary N) is 2. The first-order valence-corrected chi connectivity index (χ1v) is 6.20. The molecule has 114 valence electrons. The zero-order chi connectivity index (χ0) is 15.4. The molecule has 2 N–H and O–H groups in total. The third kappa shape index (κ3) is 4.84. The Morgan fingerprint density at radius 2 is 1.80 bits per heavy atom. The first kappa shape index (κ1) is 16.5. The fourth-order valence-corrected chi connectivity index (χ4v) is 1.54. The fourth-order valence-electron chi connectivity index (χ4n) is 1.54. The number of aromatic nitrogens is 2. The maximum Gasteiger partial charge on any atom is 0.451 e. The molecule has 20 heavy (non-hydrogen) atoms. The van der Waals surface area contributed by atoms with Gasteiger partial charge in [-0.15, -0.1) is 0 Å². The predicted octanol–water partition coefficient (Wildman–Crippen LogP) is 2.76. The number of anilines is 2. The normalized spacial score (nSPS) is 12.3. The number of ether oxygens (including phenoxy) is 1. The van der Waals surface area contributed by atoms with Crippen LogP contribution in [0.2, 0.25) is 0 Å². The lowest BCUT2D eigenvalue weighted by Crippen LogP contribution is -2.33. The van der Waals surface area contributed by atoms with E-state index >= 15 is 0 Å². The summed E-state index contributed by atoms with van der Waals surface area (Å²) in [5.41, 5.74) is -0.502. The second-order valence-corrected chi connectivity index (χ2v) is 4.76. The molecule has 1 rings (SSSR count). The van der Waals surface area contributed by atoms with E-state index in [4.69, 9.17) is 4.74 Å². The fraction of sp³-hybridized carbons (Fsp3) is 0.667. The number of hydrogen-bond donors (Lipinski definition) is 2. The molecule has 0 aliphatic rings. The topological polar surface area (TPSA) is 59.1 Å². The molecule has 0 atom stereocenters. The highest BCUT2D eigenvalue weighted by molar-refractivity contribution is 5.47. The SMILES string of the molecule is CCOC(C)(C)CNc1cc(NC)nc(C(F)(F)F)n1. The van der Waals surface area contributed by atoms with Gasteiger partial charge in [0.1, 0.15) is 11.6 Å².